The maximum Gasteiger partial charge on any atom is 0.217 e. The highest BCUT2D eigenvalue weighted by Crippen LogP contribution is 2.38. The Bertz CT molecular complexity index is 833. The summed E-state index contributed by atoms with van der Waals surface area (Å²) in [4.78, 5) is 4.73. The summed E-state index contributed by atoms with van der Waals surface area (Å²) in [6.07, 6.45) is 4.69. The van der Waals surface area contributed by atoms with E-state index in [2.05, 4.69) is 6.26 Å². The van der Waals surface area contributed by atoms with Gasteiger partial charge >= 0.3 is 0 Å². The third kappa shape index (κ3) is 6.21. The number of para-hydroxylation sites is 2. The number of nitrogens with zero attached hydrogens (tertiary/aromatic N) is 2. The van der Waals surface area contributed by atoms with Gasteiger partial charge in [-0.3, -0.25) is 4.99 Å². The summed E-state index contributed by atoms with van der Waals surface area (Å²) >= 11 is 2.69. The molecule has 0 aromatic heterocycles. The fraction of sp³-hybridized carbons (Fsp3) is 0.381. The molecule has 2 aromatic carbocycles. The molecule has 1 atom stereocenters. The van der Waals surface area contributed by atoms with Gasteiger partial charge in [0.05, 0.1) is 19.8 Å². The Kier molecular flexibility index (Phi) is 9.00. The van der Waals surface area contributed by atoms with Crippen molar-refractivity contribution in [2.75, 3.05) is 37.6 Å². The van der Waals surface area contributed by atoms with Crippen LogP contribution in [-0.2, 0) is 15.0 Å². The molecule has 0 N–H and O–H groups in total. The van der Waals surface area contributed by atoms with Gasteiger partial charge in [0.1, 0.15) is 18.0 Å². The molecular weight excluding hydrogens is 424 g/mol. The molecule has 3 rings (SSSR count). The molecule has 0 spiro atoms. The van der Waals surface area contributed by atoms with Crippen LogP contribution in [0.4, 0.5) is 5.69 Å². The Hall–Kier alpha value is -2.07. The number of anilines is 1. The van der Waals surface area contributed by atoms with Crippen LogP contribution in [0.3, 0.4) is 0 Å². The van der Waals surface area contributed by atoms with Crippen LogP contribution < -0.4 is 19.4 Å². The molecule has 9 heteroatoms. The molecule has 0 aliphatic carbocycles. The summed E-state index contributed by atoms with van der Waals surface area (Å²) < 4.78 is 27.2. The zero-order valence-electron chi connectivity index (χ0n) is 17.3. The molecule has 0 amide bonds. The Balaban J connectivity index is 1.61. The van der Waals surface area contributed by atoms with Gasteiger partial charge < -0.3 is 14.2 Å². The lowest BCUT2D eigenvalue weighted by Crippen LogP contribution is -2.27. The molecule has 0 saturated carbocycles. The molecule has 1 fully saturated rings. The van der Waals surface area contributed by atoms with Crippen molar-refractivity contribution >= 4 is 36.0 Å². The van der Waals surface area contributed by atoms with Gasteiger partial charge in [-0.15, -0.1) is 8.57 Å². The van der Waals surface area contributed by atoms with E-state index in [1.165, 1.54) is 5.23 Å². The number of hydrogen-bond donors (Lipinski definition) is 0. The molecule has 1 saturated heterocycles. The number of rotatable bonds is 12. The van der Waals surface area contributed by atoms with Gasteiger partial charge in [-0.2, -0.15) is 11.8 Å². The van der Waals surface area contributed by atoms with Gasteiger partial charge in [0, 0.05) is 12.0 Å². The van der Waals surface area contributed by atoms with Crippen molar-refractivity contribution in [1.82, 2.24) is 0 Å². The Labute approximate surface area is 186 Å². The van der Waals surface area contributed by atoms with Crippen molar-refractivity contribution in [1.29, 1.82) is 0 Å². The van der Waals surface area contributed by atoms with Crippen LogP contribution >= 0.6 is 24.1 Å². The lowest BCUT2D eigenvalue weighted by molar-refractivity contribution is 0.0256. The maximum atomic E-state index is 5.83. The number of thioether (sulfide) groups is 1. The maximum absolute atomic E-state index is 5.83. The average molecular weight is 451 g/mol. The Morgan fingerprint density at radius 3 is 2.53 bits per heavy atom. The first-order chi connectivity index (χ1) is 14.7. The first-order valence-electron chi connectivity index (χ1n) is 9.58. The lowest BCUT2D eigenvalue weighted by Gasteiger charge is -2.28. The Morgan fingerprint density at radius 1 is 1.13 bits per heavy atom. The molecule has 7 nitrogen and oxygen atoms in total. The van der Waals surface area contributed by atoms with E-state index in [9.17, 15) is 0 Å². The first-order valence-corrected chi connectivity index (χ1v) is 11.6. The molecule has 1 aliphatic rings. The van der Waals surface area contributed by atoms with Gasteiger partial charge in [0.2, 0.25) is 12.3 Å². The molecule has 1 aliphatic heterocycles. The van der Waals surface area contributed by atoms with Gasteiger partial charge in [0.25, 0.3) is 0 Å². The molecule has 0 bridgehead atoms. The highest BCUT2D eigenvalue weighted by Gasteiger charge is 2.24. The van der Waals surface area contributed by atoms with Crippen molar-refractivity contribution in [3.05, 3.63) is 48.0 Å². The first kappa shape index (κ1) is 22.6. The normalized spacial score (nSPS) is 14.4. The molecule has 162 valence electrons. The zero-order chi connectivity index (χ0) is 21.2. The molecule has 0 unspecified atom stereocenters. The summed E-state index contributed by atoms with van der Waals surface area (Å²) in [5, 5.41) is 1.34. The van der Waals surface area contributed by atoms with Crippen molar-refractivity contribution in [3.63, 3.8) is 0 Å². The third-order valence-electron chi connectivity index (χ3n) is 4.25. The summed E-state index contributed by atoms with van der Waals surface area (Å²) in [6, 6.07) is 13.7. The van der Waals surface area contributed by atoms with E-state index in [1.54, 1.807) is 18.9 Å². The molecular formula is C21H26N2O5S2. The number of ether oxygens (including phenoxy) is 3. The standard InChI is InChI=1S/C21H26N2O5S2/c1-4-25-20-7-5-6-8-21(20)26-12-11-22-17(15-29-3)13-16-9-10-19(24-2)18(14-16)23-27-30-28-23/h5-11,14,17H,4,12-13,15H2,1-3H3/t17-/m0/s1. The zero-order valence-corrected chi connectivity index (χ0v) is 18.9. The molecule has 1 heterocycles. The van der Waals surface area contributed by atoms with E-state index in [1.807, 2.05) is 55.6 Å². The topological polar surface area (TPSA) is 61.8 Å². The second kappa shape index (κ2) is 11.9. The second-order valence-electron chi connectivity index (χ2n) is 6.32. The monoisotopic (exact) mass is 450 g/mol. The van der Waals surface area contributed by atoms with Crippen molar-refractivity contribution in [2.45, 2.75) is 19.4 Å². The molecule has 0 radical (unpaired) electrons. The number of hydrogen-bond acceptors (Lipinski definition) is 9. The van der Waals surface area contributed by atoms with E-state index in [4.69, 9.17) is 27.8 Å². The summed E-state index contributed by atoms with van der Waals surface area (Å²) in [5.41, 5.74) is 1.85. The van der Waals surface area contributed by atoms with E-state index < -0.39 is 0 Å². The fourth-order valence-electron chi connectivity index (χ4n) is 2.93. The van der Waals surface area contributed by atoms with Crippen LogP contribution in [0.15, 0.2) is 47.5 Å². The molecule has 30 heavy (non-hydrogen) atoms. The SMILES string of the molecule is CCOc1ccccc1OCC=N[C@H](CSC)Cc1ccc(OC)c(N2OSO2)c1. The summed E-state index contributed by atoms with van der Waals surface area (Å²) in [7, 11) is 1.62. The van der Waals surface area contributed by atoms with E-state index in [0.717, 1.165) is 47.2 Å². The average Bonchev–Trinajstić information content (AvgIpc) is 2.71. The van der Waals surface area contributed by atoms with Crippen molar-refractivity contribution < 1.29 is 22.8 Å². The van der Waals surface area contributed by atoms with E-state index >= 15 is 0 Å². The fourth-order valence-corrected chi connectivity index (χ4v) is 3.80. The molecule has 2 aromatic rings. The van der Waals surface area contributed by atoms with Gasteiger partial charge in [-0.05, 0) is 49.4 Å². The second-order valence-corrected chi connectivity index (χ2v) is 7.66. The minimum atomic E-state index is 0.125. The van der Waals surface area contributed by atoms with Gasteiger partial charge in [0.15, 0.2) is 11.5 Å². The van der Waals surface area contributed by atoms with Crippen molar-refractivity contribution in [3.8, 4) is 17.2 Å². The van der Waals surface area contributed by atoms with Gasteiger partial charge in [-0.1, -0.05) is 23.4 Å². The quantitative estimate of drug-likeness (QED) is 0.339. The predicted octanol–water partition coefficient (Wildman–Crippen LogP) is 4.76. The smallest absolute Gasteiger partial charge is 0.217 e. The van der Waals surface area contributed by atoms with Gasteiger partial charge in [-0.25, -0.2) is 0 Å². The van der Waals surface area contributed by atoms with Crippen LogP contribution in [0.1, 0.15) is 12.5 Å². The van der Waals surface area contributed by atoms with Crippen LogP contribution in [0.5, 0.6) is 17.2 Å². The van der Waals surface area contributed by atoms with E-state index in [0.29, 0.717) is 19.0 Å². The van der Waals surface area contributed by atoms with Crippen LogP contribution in [0.2, 0.25) is 0 Å². The summed E-state index contributed by atoms with van der Waals surface area (Å²) in [5.74, 6) is 3.05. The predicted molar refractivity (Wildman–Crippen MR) is 123 cm³/mol. The van der Waals surface area contributed by atoms with Crippen LogP contribution in [0.25, 0.3) is 0 Å². The minimum absolute atomic E-state index is 0.125. The van der Waals surface area contributed by atoms with E-state index in [-0.39, 0.29) is 6.04 Å². The minimum Gasteiger partial charge on any atom is -0.494 e. The van der Waals surface area contributed by atoms with Crippen LogP contribution in [0, 0.1) is 0 Å². The lowest BCUT2D eigenvalue weighted by atomic mass is 10.1. The Morgan fingerprint density at radius 2 is 1.90 bits per heavy atom. The summed E-state index contributed by atoms with van der Waals surface area (Å²) in [6.45, 7) is 2.94. The highest BCUT2D eigenvalue weighted by atomic mass is 32.2. The highest BCUT2D eigenvalue weighted by molar-refractivity contribution is 7.98. The number of methoxy groups -OCH3 is 1. The van der Waals surface area contributed by atoms with Crippen molar-refractivity contribution in [2.24, 2.45) is 4.99 Å². The number of aliphatic imine (C=N–C) groups is 1. The van der Waals surface area contributed by atoms with Crippen LogP contribution in [-0.4, -0.2) is 44.6 Å². The largest absolute Gasteiger partial charge is 0.494 e. The third-order valence-corrected chi connectivity index (χ3v) is 5.36. The number of benzene rings is 2.